The minimum atomic E-state index is -0.159. The van der Waals surface area contributed by atoms with Gasteiger partial charge in [0.1, 0.15) is 11.5 Å². The van der Waals surface area contributed by atoms with Gasteiger partial charge in [0.25, 0.3) is 5.56 Å². The predicted molar refractivity (Wildman–Crippen MR) is 146 cm³/mol. The third-order valence-electron chi connectivity index (χ3n) is 7.19. The maximum absolute atomic E-state index is 13.8. The fraction of sp³-hybridized carbons (Fsp3) is 0.379. The third-order valence-corrected chi connectivity index (χ3v) is 7.19. The van der Waals surface area contributed by atoms with Crippen LogP contribution in [-0.4, -0.2) is 51.0 Å². The summed E-state index contributed by atoms with van der Waals surface area (Å²) in [5.41, 5.74) is 3.10. The van der Waals surface area contributed by atoms with Crippen molar-refractivity contribution in [2.24, 2.45) is 5.92 Å². The summed E-state index contributed by atoms with van der Waals surface area (Å²) in [6.07, 6.45) is 1.06. The molecule has 4 heterocycles. The number of para-hydroxylation sites is 2. The van der Waals surface area contributed by atoms with E-state index in [-0.39, 0.29) is 17.5 Å². The van der Waals surface area contributed by atoms with Crippen LogP contribution >= 0.6 is 0 Å². The van der Waals surface area contributed by atoms with E-state index in [1.807, 2.05) is 53.0 Å². The van der Waals surface area contributed by atoms with Crippen molar-refractivity contribution in [3.63, 3.8) is 0 Å². The first-order chi connectivity index (χ1) is 17.8. The van der Waals surface area contributed by atoms with Gasteiger partial charge in [0.15, 0.2) is 5.82 Å². The molecule has 0 aliphatic carbocycles. The second-order valence-electron chi connectivity index (χ2n) is 11.0. The van der Waals surface area contributed by atoms with Crippen LogP contribution in [0.3, 0.4) is 0 Å². The van der Waals surface area contributed by atoms with E-state index in [2.05, 4.69) is 38.8 Å². The molecule has 0 radical (unpaired) electrons. The average Bonchev–Trinajstić information content (AvgIpc) is 3.56. The molecule has 1 aliphatic heterocycles. The fourth-order valence-corrected chi connectivity index (χ4v) is 5.16. The number of benzene rings is 2. The van der Waals surface area contributed by atoms with Crippen molar-refractivity contribution in [3.8, 4) is 0 Å². The van der Waals surface area contributed by atoms with E-state index < -0.39 is 0 Å². The standard InChI is InChI=1S/C29H32N6O2/c1-29(2,3)24-15-26-34(28(36)21-10-6-8-12-23(21)35(26)32-24)17-25-30-22-11-7-5-9-20(22)27(31-25)33(4)16-19-13-14-37-18-19/h5-12,15,19H,13-14,16-18H2,1-4H3. The lowest BCUT2D eigenvalue weighted by atomic mass is 9.93. The molecule has 3 aromatic heterocycles. The van der Waals surface area contributed by atoms with Crippen LogP contribution in [0.4, 0.5) is 5.82 Å². The molecule has 8 nitrogen and oxygen atoms in total. The highest BCUT2D eigenvalue weighted by atomic mass is 16.5. The van der Waals surface area contributed by atoms with E-state index >= 15 is 0 Å². The molecule has 1 saturated heterocycles. The monoisotopic (exact) mass is 496 g/mol. The van der Waals surface area contributed by atoms with E-state index in [1.165, 1.54) is 0 Å². The van der Waals surface area contributed by atoms with Gasteiger partial charge in [0.05, 0.1) is 35.3 Å². The van der Waals surface area contributed by atoms with E-state index in [0.717, 1.165) is 59.8 Å². The Hall–Kier alpha value is -3.78. The van der Waals surface area contributed by atoms with Crippen LogP contribution in [0.15, 0.2) is 59.4 Å². The van der Waals surface area contributed by atoms with Crippen molar-refractivity contribution < 1.29 is 4.74 Å². The van der Waals surface area contributed by atoms with Gasteiger partial charge < -0.3 is 9.64 Å². The summed E-state index contributed by atoms with van der Waals surface area (Å²) in [7, 11) is 2.07. The van der Waals surface area contributed by atoms with E-state index in [4.69, 9.17) is 19.8 Å². The van der Waals surface area contributed by atoms with Gasteiger partial charge in [0.2, 0.25) is 0 Å². The van der Waals surface area contributed by atoms with E-state index in [0.29, 0.717) is 17.1 Å². The summed E-state index contributed by atoms with van der Waals surface area (Å²) in [5.74, 6) is 1.95. The maximum atomic E-state index is 13.8. The van der Waals surface area contributed by atoms with Crippen molar-refractivity contribution in [2.75, 3.05) is 31.7 Å². The smallest absolute Gasteiger partial charge is 0.262 e. The van der Waals surface area contributed by atoms with Crippen LogP contribution in [0.5, 0.6) is 0 Å². The predicted octanol–water partition coefficient (Wildman–Crippen LogP) is 4.41. The van der Waals surface area contributed by atoms with Crippen LogP contribution in [0.2, 0.25) is 0 Å². The molecule has 37 heavy (non-hydrogen) atoms. The zero-order valence-electron chi connectivity index (χ0n) is 21.8. The van der Waals surface area contributed by atoms with Gasteiger partial charge in [-0.25, -0.2) is 14.5 Å². The van der Waals surface area contributed by atoms with Crippen LogP contribution in [0.1, 0.15) is 38.7 Å². The first-order valence-electron chi connectivity index (χ1n) is 12.9. The first kappa shape index (κ1) is 23.6. The lowest BCUT2D eigenvalue weighted by Gasteiger charge is -2.23. The minimum Gasteiger partial charge on any atom is -0.381 e. The van der Waals surface area contributed by atoms with Gasteiger partial charge in [-0.05, 0) is 30.7 Å². The molecule has 6 rings (SSSR count). The normalized spacial score (nSPS) is 16.3. The van der Waals surface area contributed by atoms with Crippen molar-refractivity contribution in [2.45, 2.75) is 39.2 Å². The number of fused-ring (bicyclic) bond motifs is 4. The quantitative estimate of drug-likeness (QED) is 0.359. The Labute approximate surface area is 215 Å². The summed E-state index contributed by atoms with van der Waals surface area (Å²) < 4.78 is 9.23. The van der Waals surface area contributed by atoms with Crippen LogP contribution in [0, 0.1) is 5.92 Å². The molecule has 0 bridgehead atoms. The molecule has 5 aromatic rings. The van der Waals surface area contributed by atoms with Gasteiger partial charge in [-0.3, -0.25) is 9.36 Å². The highest BCUT2D eigenvalue weighted by Crippen LogP contribution is 2.27. The second kappa shape index (κ2) is 8.95. The molecule has 1 unspecified atom stereocenters. The Morgan fingerprint density at radius 2 is 1.81 bits per heavy atom. The van der Waals surface area contributed by atoms with Crippen LogP contribution < -0.4 is 10.5 Å². The van der Waals surface area contributed by atoms with Gasteiger partial charge >= 0.3 is 0 Å². The van der Waals surface area contributed by atoms with Gasteiger partial charge in [-0.1, -0.05) is 45.0 Å². The Balaban J connectivity index is 1.50. The fourth-order valence-electron chi connectivity index (χ4n) is 5.16. The second-order valence-corrected chi connectivity index (χ2v) is 11.0. The minimum absolute atomic E-state index is 0.0711. The number of nitrogens with zero attached hydrogens (tertiary/aromatic N) is 6. The lowest BCUT2D eigenvalue weighted by molar-refractivity contribution is 0.186. The number of ether oxygens (including phenoxy) is 1. The molecule has 2 aromatic carbocycles. The largest absolute Gasteiger partial charge is 0.381 e. The number of aromatic nitrogens is 5. The highest BCUT2D eigenvalue weighted by molar-refractivity contribution is 5.89. The zero-order valence-corrected chi connectivity index (χ0v) is 21.8. The van der Waals surface area contributed by atoms with Crippen molar-refractivity contribution in [1.29, 1.82) is 0 Å². The number of anilines is 1. The molecule has 1 aliphatic rings. The molecule has 8 heteroatoms. The summed E-state index contributed by atoms with van der Waals surface area (Å²) in [6, 6.07) is 17.7. The summed E-state index contributed by atoms with van der Waals surface area (Å²) >= 11 is 0. The molecule has 0 spiro atoms. The Morgan fingerprint density at radius 3 is 2.57 bits per heavy atom. The molecule has 0 amide bonds. The third kappa shape index (κ3) is 4.25. The van der Waals surface area contributed by atoms with Crippen LogP contribution in [-0.2, 0) is 16.7 Å². The number of hydrogen-bond donors (Lipinski definition) is 0. The maximum Gasteiger partial charge on any atom is 0.262 e. The first-order valence-corrected chi connectivity index (χ1v) is 12.9. The van der Waals surface area contributed by atoms with Crippen molar-refractivity contribution >= 4 is 33.3 Å². The van der Waals surface area contributed by atoms with Crippen LogP contribution in [0.25, 0.3) is 27.5 Å². The summed E-state index contributed by atoms with van der Waals surface area (Å²) in [6.45, 7) is 9.09. The van der Waals surface area contributed by atoms with Gasteiger partial charge in [-0.2, -0.15) is 5.10 Å². The van der Waals surface area contributed by atoms with E-state index in [9.17, 15) is 4.79 Å². The molecule has 1 atom stereocenters. The molecule has 1 fully saturated rings. The Kier molecular flexibility index (Phi) is 5.71. The SMILES string of the molecule is CN(CC1CCOC1)c1nc(Cn2c(=O)c3ccccc3n3nc(C(C)(C)C)cc23)nc2ccccc12. The number of hydrogen-bond acceptors (Lipinski definition) is 6. The zero-order chi connectivity index (χ0) is 25.7. The van der Waals surface area contributed by atoms with Crippen molar-refractivity contribution in [3.05, 3.63) is 76.5 Å². The topological polar surface area (TPSA) is 77.5 Å². The molecule has 0 N–H and O–H groups in total. The van der Waals surface area contributed by atoms with Crippen molar-refractivity contribution in [1.82, 2.24) is 24.1 Å². The lowest BCUT2D eigenvalue weighted by Crippen LogP contribution is -2.28. The summed E-state index contributed by atoms with van der Waals surface area (Å²) in [5, 5.41) is 6.53. The van der Waals surface area contributed by atoms with Gasteiger partial charge in [-0.15, -0.1) is 0 Å². The van der Waals surface area contributed by atoms with Gasteiger partial charge in [0, 0.05) is 43.0 Å². The Morgan fingerprint density at radius 1 is 1.05 bits per heavy atom. The average molecular weight is 497 g/mol. The molecule has 190 valence electrons. The number of rotatable bonds is 5. The summed E-state index contributed by atoms with van der Waals surface area (Å²) in [4.78, 5) is 25.8. The Bertz CT molecular complexity index is 1670. The van der Waals surface area contributed by atoms with E-state index in [1.54, 1.807) is 4.57 Å². The molecule has 0 saturated carbocycles. The molecular formula is C29H32N6O2. The molecular weight excluding hydrogens is 464 g/mol. The highest BCUT2D eigenvalue weighted by Gasteiger charge is 2.23.